The van der Waals surface area contributed by atoms with Gasteiger partial charge in [0, 0.05) is 0 Å². The molecule has 0 radical (unpaired) electrons. The Morgan fingerprint density at radius 2 is 2.44 bits per heavy atom. The van der Waals surface area contributed by atoms with E-state index in [0.717, 1.165) is 12.8 Å². The smallest absolute Gasteiger partial charge is 0.270 e. The zero-order valence-electron chi connectivity index (χ0n) is 9.03. The van der Waals surface area contributed by atoms with E-state index in [1.807, 2.05) is 6.92 Å². The number of hydrogen-bond acceptors (Lipinski definition) is 2. The number of aromatic nitrogens is 1. The van der Waals surface area contributed by atoms with Crippen molar-refractivity contribution in [1.82, 2.24) is 10.3 Å². The lowest BCUT2D eigenvalue weighted by molar-refractivity contribution is 0.0939. The summed E-state index contributed by atoms with van der Waals surface area (Å²) >= 11 is 5.69. The van der Waals surface area contributed by atoms with E-state index in [1.165, 1.54) is 0 Å². The molecule has 1 N–H and O–H groups in total. The van der Waals surface area contributed by atoms with Crippen LogP contribution in [0.4, 0.5) is 0 Å². The van der Waals surface area contributed by atoms with E-state index in [9.17, 15) is 4.79 Å². The molecule has 1 rings (SSSR count). The summed E-state index contributed by atoms with van der Waals surface area (Å²) in [7, 11) is 0. The molecule has 1 aromatic rings. The molecule has 84 valence electrons. The van der Waals surface area contributed by atoms with Crippen LogP contribution in [0.15, 0.2) is 18.2 Å². The third-order valence-corrected chi connectivity index (χ3v) is 2.24. The highest BCUT2D eigenvalue weighted by molar-refractivity contribution is 6.29. The number of terminal acetylenes is 1. The number of pyridine rings is 1. The van der Waals surface area contributed by atoms with Gasteiger partial charge in [-0.1, -0.05) is 36.9 Å². The molecule has 1 atom stereocenters. The third-order valence-electron chi connectivity index (χ3n) is 2.03. The molecule has 4 heteroatoms. The standard InChI is InChI=1S/C12H13ClN2O/c1-3-6-9(4-2)14-12(16)10-7-5-8-11(13)15-10/h2,5,7-9H,3,6H2,1H3,(H,14,16). The molecule has 16 heavy (non-hydrogen) atoms. The average molecular weight is 237 g/mol. The maximum Gasteiger partial charge on any atom is 0.270 e. The molecule has 0 aromatic carbocycles. The Labute approximate surface area is 100 Å². The number of carbonyl (C=O) groups excluding carboxylic acids is 1. The number of carbonyl (C=O) groups is 1. The molecule has 0 saturated heterocycles. The molecule has 0 aliphatic heterocycles. The zero-order chi connectivity index (χ0) is 12.0. The van der Waals surface area contributed by atoms with Crippen LogP contribution < -0.4 is 5.32 Å². The summed E-state index contributed by atoms with van der Waals surface area (Å²) in [5.41, 5.74) is 0.281. The Balaban J connectivity index is 2.69. The first-order valence-electron chi connectivity index (χ1n) is 5.07. The second kappa shape index (κ2) is 6.14. The third kappa shape index (κ3) is 3.56. The van der Waals surface area contributed by atoms with E-state index >= 15 is 0 Å². The predicted molar refractivity (Wildman–Crippen MR) is 64.2 cm³/mol. The lowest BCUT2D eigenvalue weighted by Gasteiger charge is -2.11. The fourth-order valence-electron chi connectivity index (χ4n) is 1.25. The van der Waals surface area contributed by atoms with Gasteiger partial charge < -0.3 is 5.32 Å². The van der Waals surface area contributed by atoms with E-state index in [1.54, 1.807) is 18.2 Å². The number of amides is 1. The van der Waals surface area contributed by atoms with Gasteiger partial charge >= 0.3 is 0 Å². The van der Waals surface area contributed by atoms with Gasteiger partial charge in [0.25, 0.3) is 5.91 Å². The van der Waals surface area contributed by atoms with Crippen molar-refractivity contribution in [2.75, 3.05) is 0 Å². The molecule has 0 aliphatic carbocycles. The van der Waals surface area contributed by atoms with Crippen LogP contribution in [0.3, 0.4) is 0 Å². The van der Waals surface area contributed by atoms with Crippen molar-refractivity contribution in [1.29, 1.82) is 0 Å². The second-order valence-electron chi connectivity index (χ2n) is 3.33. The fourth-order valence-corrected chi connectivity index (χ4v) is 1.42. The second-order valence-corrected chi connectivity index (χ2v) is 3.71. The van der Waals surface area contributed by atoms with E-state index in [4.69, 9.17) is 18.0 Å². The van der Waals surface area contributed by atoms with Crippen molar-refractivity contribution >= 4 is 17.5 Å². The van der Waals surface area contributed by atoms with Crippen LogP contribution in [0.25, 0.3) is 0 Å². The van der Waals surface area contributed by atoms with Crippen molar-refractivity contribution in [3.05, 3.63) is 29.0 Å². The van der Waals surface area contributed by atoms with Gasteiger partial charge in [-0.2, -0.15) is 0 Å². The lowest BCUT2D eigenvalue weighted by Crippen LogP contribution is -2.34. The van der Waals surface area contributed by atoms with Crippen molar-refractivity contribution in [2.45, 2.75) is 25.8 Å². The summed E-state index contributed by atoms with van der Waals surface area (Å²) in [5, 5.41) is 3.01. The summed E-state index contributed by atoms with van der Waals surface area (Å²) in [4.78, 5) is 15.6. The van der Waals surface area contributed by atoms with Gasteiger partial charge in [-0.25, -0.2) is 4.98 Å². The summed E-state index contributed by atoms with van der Waals surface area (Å²) < 4.78 is 0. The van der Waals surface area contributed by atoms with Crippen molar-refractivity contribution in [2.24, 2.45) is 0 Å². The highest BCUT2D eigenvalue weighted by Crippen LogP contribution is 2.05. The van der Waals surface area contributed by atoms with Crippen molar-refractivity contribution < 1.29 is 4.79 Å². The molecular weight excluding hydrogens is 224 g/mol. The Hall–Kier alpha value is -1.53. The van der Waals surface area contributed by atoms with E-state index in [-0.39, 0.29) is 17.6 Å². The number of halogens is 1. The number of nitrogens with zero attached hydrogens (tertiary/aromatic N) is 1. The van der Waals surface area contributed by atoms with E-state index in [2.05, 4.69) is 16.2 Å². The first kappa shape index (κ1) is 12.5. The van der Waals surface area contributed by atoms with Crippen LogP contribution in [-0.2, 0) is 0 Å². The van der Waals surface area contributed by atoms with Crippen LogP contribution >= 0.6 is 11.6 Å². The Morgan fingerprint density at radius 1 is 1.69 bits per heavy atom. The molecule has 0 aliphatic rings. The summed E-state index contributed by atoms with van der Waals surface area (Å²) in [6.45, 7) is 2.01. The minimum absolute atomic E-state index is 0.252. The number of hydrogen-bond donors (Lipinski definition) is 1. The Morgan fingerprint density at radius 3 is 3.00 bits per heavy atom. The minimum Gasteiger partial charge on any atom is -0.337 e. The largest absolute Gasteiger partial charge is 0.337 e. The molecule has 0 fully saturated rings. The van der Waals surface area contributed by atoms with Crippen LogP contribution in [0.5, 0.6) is 0 Å². The van der Waals surface area contributed by atoms with Gasteiger partial charge in [0.2, 0.25) is 0 Å². The maximum absolute atomic E-state index is 11.7. The first-order valence-corrected chi connectivity index (χ1v) is 5.44. The van der Waals surface area contributed by atoms with Gasteiger partial charge in [-0.05, 0) is 18.6 Å². The molecule has 1 unspecified atom stereocenters. The van der Waals surface area contributed by atoms with Crippen molar-refractivity contribution in [3.8, 4) is 12.3 Å². The fraction of sp³-hybridized carbons (Fsp3) is 0.333. The predicted octanol–water partition coefficient (Wildman–Crippen LogP) is 2.27. The number of nitrogens with one attached hydrogen (secondary N) is 1. The van der Waals surface area contributed by atoms with Crippen LogP contribution in [0, 0.1) is 12.3 Å². The molecule has 0 saturated carbocycles. The monoisotopic (exact) mass is 236 g/mol. The van der Waals surface area contributed by atoms with Crippen LogP contribution in [0.2, 0.25) is 5.15 Å². The van der Waals surface area contributed by atoms with Crippen LogP contribution in [-0.4, -0.2) is 16.9 Å². The van der Waals surface area contributed by atoms with Crippen molar-refractivity contribution in [3.63, 3.8) is 0 Å². The summed E-state index contributed by atoms with van der Waals surface area (Å²) in [6, 6.07) is 4.64. The molecule has 3 nitrogen and oxygen atoms in total. The molecule has 1 amide bonds. The van der Waals surface area contributed by atoms with Gasteiger partial charge in [0.05, 0.1) is 6.04 Å². The zero-order valence-corrected chi connectivity index (χ0v) is 9.79. The molecule has 1 aromatic heterocycles. The highest BCUT2D eigenvalue weighted by Gasteiger charge is 2.11. The summed E-state index contributed by atoms with van der Waals surface area (Å²) in [5.74, 6) is 2.23. The average Bonchev–Trinajstić information content (AvgIpc) is 2.28. The number of rotatable bonds is 4. The normalized spacial score (nSPS) is 11.6. The molecule has 0 spiro atoms. The van der Waals surface area contributed by atoms with E-state index < -0.39 is 0 Å². The topological polar surface area (TPSA) is 42.0 Å². The summed E-state index contributed by atoms with van der Waals surface area (Å²) in [6.07, 6.45) is 6.97. The quantitative estimate of drug-likeness (QED) is 0.644. The minimum atomic E-state index is -0.293. The molecular formula is C12H13ClN2O. The van der Waals surface area contributed by atoms with Gasteiger partial charge in [-0.15, -0.1) is 6.42 Å². The lowest BCUT2D eigenvalue weighted by atomic mass is 10.2. The Kier molecular flexibility index (Phi) is 4.81. The van der Waals surface area contributed by atoms with Crippen LogP contribution in [0.1, 0.15) is 30.3 Å². The maximum atomic E-state index is 11.7. The molecule has 1 heterocycles. The highest BCUT2D eigenvalue weighted by atomic mass is 35.5. The van der Waals surface area contributed by atoms with Gasteiger partial charge in [-0.3, -0.25) is 4.79 Å². The van der Waals surface area contributed by atoms with Gasteiger partial charge in [0.1, 0.15) is 10.8 Å². The molecule has 0 bridgehead atoms. The SMILES string of the molecule is C#CC(CCC)NC(=O)c1cccc(Cl)n1. The Bertz CT molecular complexity index is 412. The first-order chi connectivity index (χ1) is 7.67. The van der Waals surface area contributed by atoms with E-state index in [0.29, 0.717) is 5.15 Å². The van der Waals surface area contributed by atoms with Gasteiger partial charge in [0.15, 0.2) is 0 Å².